The van der Waals surface area contributed by atoms with Crippen LogP contribution in [0.15, 0.2) is 58.3 Å². The molecule has 1 aliphatic rings. The first-order valence-electron chi connectivity index (χ1n) is 14.0. The van der Waals surface area contributed by atoms with Gasteiger partial charge in [-0.25, -0.2) is 9.46 Å². The van der Waals surface area contributed by atoms with Gasteiger partial charge in [-0.05, 0) is 51.0 Å². The SMILES string of the molecule is CC(C)N(C(C)C)P(O)OCCC#N.Cc1cn([C@H]2C[C@H](O)[C@@H](CSCc3ccc4ccccc4c3)O2)c(=O)[nH]c1=O. The zero-order valence-electron chi connectivity index (χ0n) is 24.8. The summed E-state index contributed by atoms with van der Waals surface area (Å²) in [7, 11) is -1.55. The molecule has 0 amide bonds. The van der Waals surface area contributed by atoms with E-state index in [4.69, 9.17) is 14.5 Å². The van der Waals surface area contributed by atoms with Crippen LogP contribution in [0.2, 0.25) is 0 Å². The molecule has 1 fully saturated rings. The molecule has 1 saturated heterocycles. The molecule has 1 unspecified atom stereocenters. The van der Waals surface area contributed by atoms with Gasteiger partial charge in [0.15, 0.2) is 0 Å². The van der Waals surface area contributed by atoms with Crippen LogP contribution in [0.4, 0.5) is 0 Å². The molecule has 1 aromatic heterocycles. The largest absolute Gasteiger partial charge is 0.390 e. The summed E-state index contributed by atoms with van der Waals surface area (Å²) in [6.45, 7) is 9.99. The first-order valence-corrected chi connectivity index (χ1v) is 16.3. The summed E-state index contributed by atoms with van der Waals surface area (Å²) in [6.07, 6.45) is 0.575. The van der Waals surface area contributed by atoms with Crippen LogP contribution in [0.1, 0.15) is 57.9 Å². The summed E-state index contributed by atoms with van der Waals surface area (Å²) in [6, 6.07) is 17.1. The number of aromatic amines is 1. The Balaban J connectivity index is 0.000000295. The number of fused-ring (bicyclic) bond motifs is 1. The van der Waals surface area contributed by atoms with E-state index in [1.165, 1.54) is 27.1 Å². The van der Waals surface area contributed by atoms with Gasteiger partial charge in [-0.1, -0.05) is 42.5 Å². The molecule has 10 nitrogen and oxygen atoms in total. The second kappa shape index (κ2) is 16.3. The first-order chi connectivity index (χ1) is 20.0. The van der Waals surface area contributed by atoms with E-state index in [0.29, 0.717) is 30.8 Å². The Morgan fingerprint density at radius 3 is 2.55 bits per heavy atom. The number of hydrogen-bond acceptors (Lipinski definition) is 9. The number of nitriles is 1. The van der Waals surface area contributed by atoms with Gasteiger partial charge in [0.2, 0.25) is 0 Å². The van der Waals surface area contributed by atoms with Gasteiger partial charge in [0.1, 0.15) is 6.23 Å². The molecule has 0 bridgehead atoms. The number of aromatic nitrogens is 2. The summed E-state index contributed by atoms with van der Waals surface area (Å²) in [5.41, 5.74) is 0.742. The molecule has 0 spiro atoms. The van der Waals surface area contributed by atoms with Gasteiger partial charge in [-0.3, -0.25) is 14.3 Å². The quantitative estimate of drug-likeness (QED) is 0.204. The molecular weight excluding hydrogens is 575 g/mol. The predicted molar refractivity (Wildman–Crippen MR) is 168 cm³/mol. The van der Waals surface area contributed by atoms with Crippen LogP contribution in [0.3, 0.4) is 0 Å². The van der Waals surface area contributed by atoms with E-state index in [2.05, 4.69) is 35.3 Å². The highest BCUT2D eigenvalue weighted by molar-refractivity contribution is 7.98. The number of thioether (sulfide) groups is 1. The summed E-state index contributed by atoms with van der Waals surface area (Å²) >= 11 is 1.69. The third kappa shape index (κ3) is 9.48. The van der Waals surface area contributed by atoms with Crippen molar-refractivity contribution in [1.82, 2.24) is 14.2 Å². The highest BCUT2D eigenvalue weighted by Gasteiger charge is 2.35. The standard InChI is InChI=1S/C21H22N2O4S.C9H19N2O2P/c1-13-10-23(21(26)22-20(13)25)19-9-17(24)18(27-19)12-28-11-14-6-7-15-4-2-3-5-16(15)8-14;1-8(2)11(9(3)4)14(12)13-7-5-6-10/h2-8,10,17-19,24H,9,11-12H2,1H3,(H,22,25,26);8-9,12H,5,7H2,1-4H3/t17-,18+,19+;/m0./s1. The van der Waals surface area contributed by atoms with E-state index < -0.39 is 32.1 Å². The van der Waals surface area contributed by atoms with Gasteiger partial charge in [0.05, 0.1) is 31.3 Å². The fourth-order valence-corrected chi connectivity index (χ4v) is 6.93. The third-order valence-corrected chi connectivity index (χ3v) is 9.54. The third-order valence-electron chi connectivity index (χ3n) is 6.70. The number of hydrogen-bond donors (Lipinski definition) is 3. The number of aryl methyl sites for hydroxylation is 1. The molecule has 2 heterocycles. The van der Waals surface area contributed by atoms with Gasteiger partial charge < -0.3 is 19.3 Å². The topological polar surface area (TPSA) is 141 Å². The van der Waals surface area contributed by atoms with Crippen molar-refractivity contribution in [1.29, 1.82) is 5.26 Å². The van der Waals surface area contributed by atoms with Crippen LogP contribution in [0, 0.1) is 18.3 Å². The number of benzene rings is 2. The van der Waals surface area contributed by atoms with Gasteiger partial charge >= 0.3 is 5.69 Å². The number of ether oxygens (including phenoxy) is 1. The van der Waals surface area contributed by atoms with E-state index in [-0.39, 0.29) is 18.2 Å². The average molecular weight is 617 g/mol. The van der Waals surface area contributed by atoms with E-state index >= 15 is 0 Å². The number of aliphatic hydroxyl groups excluding tert-OH is 1. The van der Waals surface area contributed by atoms with Gasteiger partial charge in [-0.2, -0.15) is 17.0 Å². The highest BCUT2D eigenvalue weighted by atomic mass is 32.2. The molecule has 0 radical (unpaired) electrons. The maximum atomic E-state index is 12.0. The fourth-order valence-electron chi connectivity index (χ4n) is 4.69. The van der Waals surface area contributed by atoms with Crippen molar-refractivity contribution >= 4 is 31.1 Å². The normalized spacial score (nSPS) is 19.2. The van der Waals surface area contributed by atoms with Crippen molar-refractivity contribution in [2.45, 2.75) is 83.7 Å². The van der Waals surface area contributed by atoms with E-state index in [0.717, 1.165) is 5.75 Å². The molecule has 3 N–H and O–H groups in total. The lowest BCUT2D eigenvalue weighted by Gasteiger charge is -2.32. The molecule has 2 aromatic carbocycles. The zero-order valence-corrected chi connectivity index (χ0v) is 26.5. The average Bonchev–Trinajstić information content (AvgIpc) is 3.30. The van der Waals surface area contributed by atoms with Crippen molar-refractivity contribution in [2.75, 3.05) is 12.4 Å². The van der Waals surface area contributed by atoms with Crippen LogP contribution in [0.5, 0.6) is 0 Å². The number of rotatable bonds is 11. The number of H-pyrrole nitrogens is 1. The maximum Gasteiger partial charge on any atom is 0.330 e. The predicted octanol–water partition coefficient (Wildman–Crippen LogP) is 4.83. The minimum absolute atomic E-state index is 0.244. The van der Waals surface area contributed by atoms with E-state index in [1.807, 2.05) is 50.6 Å². The Bertz CT molecular complexity index is 1450. The summed E-state index contributed by atoms with van der Waals surface area (Å²) < 4.78 is 14.4. The molecule has 3 aromatic rings. The maximum absolute atomic E-state index is 12.0. The van der Waals surface area contributed by atoms with Crippen LogP contribution >= 0.6 is 20.3 Å². The molecule has 42 heavy (non-hydrogen) atoms. The smallest absolute Gasteiger partial charge is 0.330 e. The fraction of sp³-hybridized carbons (Fsp3) is 0.500. The highest BCUT2D eigenvalue weighted by Crippen LogP contribution is 2.40. The Labute approximate surface area is 252 Å². The number of nitrogens with one attached hydrogen (secondary N) is 1. The van der Waals surface area contributed by atoms with Crippen molar-refractivity contribution in [2.24, 2.45) is 0 Å². The Morgan fingerprint density at radius 1 is 1.19 bits per heavy atom. The second-order valence-corrected chi connectivity index (χ2v) is 12.9. The van der Waals surface area contributed by atoms with Crippen molar-refractivity contribution in [3.63, 3.8) is 0 Å². The molecular formula is C30H41N4O6PS. The molecule has 0 saturated carbocycles. The van der Waals surface area contributed by atoms with Crippen LogP contribution in [0.25, 0.3) is 10.8 Å². The number of nitrogens with zero attached hydrogens (tertiary/aromatic N) is 3. The van der Waals surface area contributed by atoms with Crippen LogP contribution < -0.4 is 11.2 Å². The second-order valence-electron chi connectivity index (χ2n) is 10.7. The Morgan fingerprint density at radius 2 is 1.88 bits per heavy atom. The lowest BCUT2D eigenvalue weighted by Crippen LogP contribution is -2.33. The zero-order chi connectivity index (χ0) is 30.8. The van der Waals surface area contributed by atoms with Crippen molar-refractivity contribution in [3.05, 3.63) is 80.6 Å². The number of aliphatic hydroxyl groups is 1. The minimum atomic E-state index is -1.55. The van der Waals surface area contributed by atoms with Gasteiger partial charge in [0.25, 0.3) is 14.1 Å². The molecule has 1 aliphatic heterocycles. The van der Waals surface area contributed by atoms with Crippen molar-refractivity contribution in [3.8, 4) is 6.07 Å². The van der Waals surface area contributed by atoms with Crippen LogP contribution in [-0.4, -0.2) is 60.9 Å². The lowest BCUT2D eigenvalue weighted by molar-refractivity contribution is -0.00765. The summed E-state index contributed by atoms with van der Waals surface area (Å²) in [5, 5.41) is 21.1. The monoisotopic (exact) mass is 616 g/mol. The summed E-state index contributed by atoms with van der Waals surface area (Å²) in [4.78, 5) is 35.6. The lowest BCUT2D eigenvalue weighted by atomic mass is 10.1. The van der Waals surface area contributed by atoms with Crippen LogP contribution in [-0.2, 0) is 15.0 Å². The van der Waals surface area contributed by atoms with Gasteiger partial charge in [-0.15, -0.1) is 0 Å². The summed E-state index contributed by atoms with van der Waals surface area (Å²) in [5.74, 6) is 1.45. The molecule has 4 rings (SSSR count). The van der Waals surface area contributed by atoms with E-state index in [9.17, 15) is 19.6 Å². The van der Waals surface area contributed by atoms with Gasteiger partial charge in [0, 0.05) is 41.8 Å². The molecule has 0 aliphatic carbocycles. The molecule has 228 valence electrons. The first kappa shape index (κ1) is 33.9. The molecule has 4 atom stereocenters. The minimum Gasteiger partial charge on any atom is -0.390 e. The molecule has 12 heteroatoms. The van der Waals surface area contributed by atoms with E-state index in [1.54, 1.807) is 18.7 Å². The Kier molecular flexibility index (Phi) is 13.2. The van der Waals surface area contributed by atoms with Crippen molar-refractivity contribution < 1.29 is 19.3 Å². The Hall–Kier alpha value is -2.55.